The van der Waals surface area contributed by atoms with E-state index < -0.39 is 0 Å². The van der Waals surface area contributed by atoms with Gasteiger partial charge in [-0.2, -0.15) is 5.10 Å². The fourth-order valence-electron chi connectivity index (χ4n) is 1.54. The molecule has 2 rings (SSSR count). The third-order valence-corrected chi connectivity index (χ3v) is 3.30. The standard InChI is InChI=1S/C12H13BrN4O2/c1-19-8-2-3-10(13)9(4-8)12(18)15-5-7-6-16-17-11(7)14/h2-4,6H,5H2,1H3,(H,15,18)(H3,14,16,17). The summed E-state index contributed by atoms with van der Waals surface area (Å²) in [6, 6.07) is 5.20. The average Bonchev–Trinajstić information content (AvgIpc) is 2.82. The van der Waals surface area contributed by atoms with Gasteiger partial charge in [0.1, 0.15) is 11.6 Å². The Balaban J connectivity index is 2.10. The monoisotopic (exact) mass is 324 g/mol. The van der Waals surface area contributed by atoms with Crippen LogP contribution < -0.4 is 15.8 Å². The largest absolute Gasteiger partial charge is 0.497 e. The van der Waals surface area contributed by atoms with E-state index in [1.165, 1.54) is 0 Å². The van der Waals surface area contributed by atoms with Crippen molar-refractivity contribution >= 4 is 27.7 Å². The molecule has 0 radical (unpaired) electrons. The maximum Gasteiger partial charge on any atom is 0.252 e. The van der Waals surface area contributed by atoms with Gasteiger partial charge in [0, 0.05) is 16.6 Å². The van der Waals surface area contributed by atoms with E-state index in [9.17, 15) is 4.79 Å². The van der Waals surface area contributed by atoms with Crippen molar-refractivity contribution in [3.8, 4) is 5.75 Å². The molecular weight excluding hydrogens is 312 g/mol. The van der Waals surface area contributed by atoms with Crippen molar-refractivity contribution in [2.45, 2.75) is 6.54 Å². The molecule has 0 aliphatic carbocycles. The Labute approximate surface area is 118 Å². The Bertz CT molecular complexity index is 597. The van der Waals surface area contributed by atoms with Crippen molar-refractivity contribution in [2.75, 3.05) is 12.8 Å². The second-order valence-electron chi connectivity index (χ2n) is 3.84. The number of aromatic nitrogens is 2. The zero-order valence-electron chi connectivity index (χ0n) is 10.2. The maximum absolute atomic E-state index is 12.1. The molecular formula is C12H13BrN4O2. The van der Waals surface area contributed by atoms with Crippen LogP contribution in [0.2, 0.25) is 0 Å². The number of hydrogen-bond donors (Lipinski definition) is 3. The maximum atomic E-state index is 12.1. The van der Waals surface area contributed by atoms with E-state index in [1.807, 2.05) is 0 Å². The summed E-state index contributed by atoms with van der Waals surface area (Å²) in [4.78, 5) is 12.1. The number of ether oxygens (including phenoxy) is 1. The van der Waals surface area contributed by atoms with Crippen molar-refractivity contribution < 1.29 is 9.53 Å². The summed E-state index contributed by atoms with van der Waals surface area (Å²) >= 11 is 3.33. The molecule has 6 nitrogen and oxygen atoms in total. The number of halogens is 1. The number of benzene rings is 1. The Morgan fingerprint density at radius 3 is 3.00 bits per heavy atom. The number of aromatic amines is 1. The van der Waals surface area contributed by atoms with Crippen LogP contribution in [0.4, 0.5) is 5.82 Å². The molecule has 0 fully saturated rings. The number of nitrogens with zero attached hydrogens (tertiary/aromatic N) is 1. The van der Waals surface area contributed by atoms with Crippen molar-refractivity contribution in [2.24, 2.45) is 0 Å². The Kier molecular flexibility index (Phi) is 4.06. The minimum Gasteiger partial charge on any atom is -0.497 e. The van der Waals surface area contributed by atoms with Crippen LogP contribution in [0.15, 0.2) is 28.9 Å². The van der Waals surface area contributed by atoms with Gasteiger partial charge in [0.05, 0.1) is 18.9 Å². The van der Waals surface area contributed by atoms with Gasteiger partial charge in [-0.15, -0.1) is 0 Å². The smallest absolute Gasteiger partial charge is 0.252 e. The van der Waals surface area contributed by atoms with E-state index in [2.05, 4.69) is 31.4 Å². The zero-order chi connectivity index (χ0) is 13.8. The molecule has 19 heavy (non-hydrogen) atoms. The van der Waals surface area contributed by atoms with Crippen LogP contribution in [0, 0.1) is 0 Å². The van der Waals surface area contributed by atoms with Gasteiger partial charge in [0.25, 0.3) is 5.91 Å². The van der Waals surface area contributed by atoms with Gasteiger partial charge in [-0.05, 0) is 34.1 Å². The number of nitrogen functional groups attached to an aromatic ring is 1. The molecule has 0 bridgehead atoms. The lowest BCUT2D eigenvalue weighted by Crippen LogP contribution is -2.23. The number of nitrogens with two attached hydrogens (primary N) is 1. The highest BCUT2D eigenvalue weighted by molar-refractivity contribution is 9.10. The average molecular weight is 325 g/mol. The molecule has 0 spiro atoms. The highest BCUT2D eigenvalue weighted by Crippen LogP contribution is 2.22. The number of methoxy groups -OCH3 is 1. The fourth-order valence-corrected chi connectivity index (χ4v) is 1.96. The van der Waals surface area contributed by atoms with Gasteiger partial charge in [-0.1, -0.05) is 0 Å². The van der Waals surface area contributed by atoms with Gasteiger partial charge < -0.3 is 15.8 Å². The van der Waals surface area contributed by atoms with Crippen molar-refractivity contribution in [1.82, 2.24) is 15.5 Å². The molecule has 0 atom stereocenters. The SMILES string of the molecule is COc1ccc(Br)c(C(=O)NCc2cn[nH]c2N)c1. The number of carbonyl (C=O) groups excluding carboxylic acids is 1. The first-order chi connectivity index (χ1) is 9.11. The summed E-state index contributed by atoms with van der Waals surface area (Å²) < 4.78 is 5.79. The number of anilines is 1. The zero-order valence-corrected chi connectivity index (χ0v) is 11.8. The number of hydrogen-bond acceptors (Lipinski definition) is 4. The minimum atomic E-state index is -0.216. The lowest BCUT2D eigenvalue weighted by Gasteiger charge is -2.08. The Morgan fingerprint density at radius 2 is 2.37 bits per heavy atom. The van der Waals surface area contributed by atoms with Crippen LogP contribution >= 0.6 is 15.9 Å². The number of amides is 1. The van der Waals surface area contributed by atoms with Gasteiger partial charge in [0.15, 0.2) is 0 Å². The van der Waals surface area contributed by atoms with Crippen molar-refractivity contribution in [3.63, 3.8) is 0 Å². The molecule has 0 aliphatic rings. The molecule has 2 aromatic rings. The Morgan fingerprint density at radius 1 is 1.58 bits per heavy atom. The molecule has 0 unspecified atom stereocenters. The summed E-state index contributed by atoms with van der Waals surface area (Å²) in [5.41, 5.74) is 6.89. The highest BCUT2D eigenvalue weighted by Gasteiger charge is 2.12. The molecule has 7 heteroatoms. The van der Waals surface area contributed by atoms with Crippen LogP contribution in [0.5, 0.6) is 5.75 Å². The van der Waals surface area contributed by atoms with Crippen molar-refractivity contribution in [3.05, 3.63) is 40.0 Å². The number of carbonyl (C=O) groups is 1. The Hall–Kier alpha value is -2.02. The first-order valence-electron chi connectivity index (χ1n) is 5.51. The van der Waals surface area contributed by atoms with Gasteiger partial charge in [-0.25, -0.2) is 0 Å². The van der Waals surface area contributed by atoms with E-state index in [-0.39, 0.29) is 5.91 Å². The van der Waals surface area contributed by atoms with E-state index in [1.54, 1.807) is 31.5 Å². The number of H-pyrrole nitrogens is 1. The second kappa shape index (κ2) is 5.75. The predicted molar refractivity (Wildman–Crippen MR) is 74.9 cm³/mol. The van der Waals surface area contributed by atoms with E-state index in [0.717, 1.165) is 5.56 Å². The van der Waals surface area contributed by atoms with E-state index in [4.69, 9.17) is 10.5 Å². The van der Waals surface area contributed by atoms with Crippen LogP contribution in [-0.4, -0.2) is 23.2 Å². The minimum absolute atomic E-state index is 0.216. The molecule has 0 saturated carbocycles. The molecule has 1 heterocycles. The quantitative estimate of drug-likeness (QED) is 0.797. The van der Waals surface area contributed by atoms with E-state index >= 15 is 0 Å². The summed E-state index contributed by atoms with van der Waals surface area (Å²) in [5, 5.41) is 9.17. The molecule has 1 aromatic carbocycles. The topological polar surface area (TPSA) is 93.0 Å². The van der Waals surface area contributed by atoms with Crippen LogP contribution in [0.3, 0.4) is 0 Å². The second-order valence-corrected chi connectivity index (χ2v) is 4.69. The predicted octanol–water partition coefficient (Wildman–Crippen LogP) is 1.69. The summed E-state index contributed by atoms with van der Waals surface area (Å²) in [5.74, 6) is 0.854. The molecule has 1 amide bonds. The number of rotatable bonds is 4. The van der Waals surface area contributed by atoms with Crippen LogP contribution in [-0.2, 0) is 6.54 Å². The summed E-state index contributed by atoms with van der Waals surface area (Å²) in [6.45, 7) is 0.310. The fraction of sp³-hybridized carbons (Fsp3) is 0.167. The van der Waals surface area contributed by atoms with Gasteiger partial charge in [0.2, 0.25) is 0 Å². The first-order valence-corrected chi connectivity index (χ1v) is 6.30. The summed E-state index contributed by atoms with van der Waals surface area (Å²) in [7, 11) is 1.55. The summed E-state index contributed by atoms with van der Waals surface area (Å²) in [6.07, 6.45) is 1.58. The molecule has 0 aliphatic heterocycles. The van der Waals surface area contributed by atoms with Gasteiger partial charge >= 0.3 is 0 Å². The number of nitrogens with one attached hydrogen (secondary N) is 2. The molecule has 0 saturated heterocycles. The van der Waals surface area contributed by atoms with Crippen molar-refractivity contribution in [1.29, 1.82) is 0 Å². The van der Waals surface area contributed by atoms with Gasteiger partial charge in [-0.3, -0.25) is 9.89 Å². The third-order valence-electron chi connectivity index (χ3n) is 2.61. The highest BCUT2D eigenvalue weighted by atomic mass is 79.9. The normalized spacial score (nSPS) is 10.2. The lowest BCUT2D eigenvalue weighted by atomic mass is 10.2. The lowest BCUT2D eigenvalue weighted by molar-refractivity contribution is 0.0950. The van der Waals surface area contributed by atoms with Crippen LogP contribution in [0.25, 0.3) is 0 Å². The third kappa shape index (κ3) is 3.05. The molecule has 1 aromatic heterocycles. The first kappa shape index (κ1) is 13.4. The molecule has 100 valence electrons. The van der Waals surface area contributed by atoms with E-state index in [0.29, 0.717) is 28.1 Å². The molecule has 4 N–H and O–H groups in total. The van der Waals surface area contributed by atoms with Crippen LogP contribution in [0.1, 0.15) is 15.9 Å².